The zero-order valence-corrected chi connectivity index (χ0v) is 15.8. The lowest BCUT2D eigenvalue weighted by molar-refractivity contribution is -0.116. The van der Waals surface area contributed by atoms with Crippen LogP contribution < -0.4 is 5.32 Å². The van der Waals surface area contributed by atoms with E-state index in [1.54, 1.807) is 24.3 Å². The third kappa shape index (κ3) is 4.54. The van der Waals surface area contributed by atoms with E-state index in [9.17, 15) is 17.6 Å². The first-order chi connectivity index (χ1) is 12.9. The summed E-state index contributed by atoms with van der Waals surface area (Å²) in [6.45, 7) is -0.378. The maximum Gasteiger partial charge on any atom is 0.243 e. The van der Waals surface area contributed by atoms with Gasteiger partial charge in [-0.1, -0.05) is 16.6 Å². The lowest BCUT2D eigenvalue weighted by Gasteiger charge is -2.17. The molecule has 10 heteroatoms. The highest BCUT2D eigenvalue weighted by Crippen LogP contribution is 2.20. The van der Waals surface area contributed by atoms with Gasteiger partial charge in [0.05, 0.1) is 11.4 Å². The molecule has 3 rings (SSSR count). The van der Waals surface area contributed by atoms with Crippen LogP contribution in [0.15, 0.2) is 58.8 Å². The number of sulfonamides is 1. The molecule has 1 amide bonds. The molecule has 0 radical (unpaired) electrons. The number of hydrogen-bond donors (Lipinski definition) is 1. The van der Waals surface area contributed by atoms with Gasteiger partial charge in [0, 0.05) is 23.7 Å². The summed E-state index contributed by atoms with van der Waals surface area (Å²) in [6.07, 6.45) is 0. The van der Waals surface area contributed by atoms with Crippen molar-refractivity contribution in [1.29, 1.82) is 0 Å². The summed E-state index contributed by atoms with van der Waals surface area (Å²) in [4.78, 5) is 12.1. The van der Waals surface area contributed by atoms with E-state index >= 15 is 0 Å². The second-order valence-corrected chi connectivity index (χ2v) is 8.29. The number of aromatic nitrogens is 2. The van der Waals surface area contributed by atoms with Crippen molar-refractivity contribution in [3.05, 3.63) is 59.7 Å². The van der Waals surface area contributed by atoms with Crippen LogP contribution in [0.5, 0.6) is 0 Å². The molecule has 0 fully saturated rings. The van der Waals surface area contributed by atoms with Crippen LogP contribution in [0.4, 0.5) is 10.1 Å². The first kappa shape index (κ1) is 19.1. The average molecular weight is 406 g/mol. The predicted octanol–water partition coefficient (Wildman–Crippen LogP) is 2.60. The quantitative estimate of drug-likeness (QED) is 0.679. The van der Waals surface area contributed by atoms with Crippen LogP contribution in [0.25, 0.3) is 11.3 Å². The second-order valence-electron chi connectivity index (χ2n) is 5.63. The molecule has 0 unspecified atom stereocenters. The van der Waals surface area contributed by atoms with Gasteiger partial charge in [-0.3, -0.25) is 4.79 Å². The first-order valence-corrected chi connectivity index (χ1v) is 10.0. The average Bonchev–Trinajstić information content (AvgIpc) is 3.17. The van der Waals surface area contributed by atoms with Gasteiger partial charge in [0.25, 0.3) is 0 Å². The van der Waals surface area contributed by atoms with Gasteiger partial charge in [-0.25, -0.2) is 12.8 Å². The smallest absolute Gasteiger partial charge is 0.243 e. The van der Waals surface area contributed by atoms with E-state index in [0.29, 0.717) is 5.69 Å². The number of rotatable bonds is 6. The van der Waals surface area contributed by atoms with E-state index in [2.05, 4.69) is 14.9 Å². The summed E-state index contributed by atoms with van der Waals surface area (Å²) in [5, 5.41) is 8.41. The maximum absolute atomic E-state index is 13.0. The molecule has 0 saturated carbocycles. The van der Waals surface area contributed by atoms with Gasteiger partial charge in [-0.2, -0.15) is 4.31 Å². The Kier molecular flexibility index (Phi) is 5.59. The Balaban J connectivity index is 1.64. The maximum atomic E-state index is 13.0. The number of nitrogens with zero attached hydrogens (tertiary/aromatic N) is 3. The number of anilines is 1. The van der Waals surface area contributed by atoms with Gasteiger partial charge >= 0.3 is 0 Å². The number of hydrogen-bond acceptors (Lipinski definition) is 6. The van der Waals surface area contributed by atoms with Crippen LogP contribution >= 0.6 is 11.5 Å². The molecule has 2 aromatic carbocycles. The zero-order chi connectivity index (χ0) is 19.4. The Bertz CT molecular complexity index is 1020. The molecular formula is C17H15FN4O3S2. The summed E-state index contributed by atoms with van der Waals surface area (Å²) in [6, 6.07) is 11.4. The molecule has 0 aliphatic heterocycles. The number of amides is 1. The van der Waals surface area contributed by atoms with Crippen molar-refractivity contribution in [2.24, 2.45) is 0 Å². The van der Waals surface area contributed by atoms with Crippen LogP contribution in [0.3, 0.4) is 0 Å². The van der Waals surface area contributed by atoms with E-state index in [1.807, 2.05) is 5.38 Å². The Morgan fingerprint density at radius 3 is 2.41 bits per heavy atom. The fraction of sp³-hybridized carbons (Fsp3) is 0.118. The van der Waals surface area contributed by atoms with Gasteiger partial charge in [0.1, 0.15) is 11.5 Å². The molecule has 0 atom stereocenters. The SMILES string of the molecule is CN(CC(=O)Nc1ccc(-c2csnn2)cc1)S(=O)(=O)c1ccc(F)cc1. The van der Waals surface area contributed by atoms with E-state index in [1.165, 1.54) is 18.6 Å². The van der Waals surface area contributed by atoms with Crippen LogP contribution in [0.1, 0.15) is 0 Å². The molecule has 1 aromatic heterocycles. The highest BCUT2D eigenvalue weighted by atomic mass is 32.2. The molecule has 0 bridgehead atoms. The Labute approximate surface area is 159 Å². The molecule has 0 aliphatic rings. The first-order valence-electron chi connectivity index (χ1n) is 7.75. The predicted molar refractivity (Wildman–Crippen MR) is 100 cm³/mol. The van der Waals surface area contributed by atoms with Crippen molar-refractivity contribution in [3.63, 3.8) is 0 Å². The zero-order valence-electron chi connectivity index (χ0n) is 14.2. The van der Waals surface area contributed by atoms with Gasteiger partial charge in [0.15, 0.2) is 0 Å². The molecule has 140 valence electrons. The van der Waals surface area contributed by atoms with Crippen molar-refractivity contribution in [2.75, 3.05) is 18.9 Å². The van der Waals surface area contributed by atoms with E-state index < -0.39 is 21.7 Å². The minimum Gasteiger partial charge on any atom is -0.325 e. The van der Waals surface area contributed by atoms with Gasteiger partial charge in [-0.15, -0.1) is 5.10 Å². The summed E-state index contributed by atoms with van der Waals surface area (Å²) in [5.74, 6) is -1.03. The summed E-state index contributed by atoms with van der Waals surface area (Å²) in [7, 11) is -2.60. The van der Waals surface area contributed by atoms with Gasteiger partial charge in [0.2, 0.25) is 15.9 Å². The van der Waals surface area contributed by atoms with Crippen molar-refractivity contribution < 1.29 is 17.6 Å². The van der Waals surface area contributed by atoms with Crippen LogP contribution in [0.2, 0.25) is 0 Å². The fourth-order valence-corrected chi connectivity index (χ4v) is 3.88. The number of benzene rings is 2. The number of carbonyl (C=O) groups is 1. The minimum absolute atomic E-state index is 0.0829. The highest BCUT2D eigenvalue weighted by Gasteiger charge is 2.23. The number of carbonyl (C=O) groups excluding carboxylic acids is 1. The molecular weight excluding hydrogens is 391 g/mol. The number of halogens is 1. The molecule has 3 aromatic rings. The Morgan fingerprint density at radius 2 is 1.81 bits per heavy atom. The molecule has 1 heterocycles. The van der Waals surface area contributed by atoms with Crippen LogP contribution in [-0.4, -0.2) is 41.8 Å². The van der Waals surface area contributed by atoms with Crippen LogP contribution in [-0.2, 0) is 14.8 Å². The lowest BCUT2D eigenvalue weighted by atomic mass is 10.1. The Morgan fingerprint density at radius 1 is 1.15 bits per heavy atom. The minimum atomic E-state index is -3.89. The van der Waals surface area contributed by atoms with Crippen LogP contribution in [0, 0.1) is 5.82 Å². The van der Waals surface area contributed by atoms with Gasteiger partial charge in [-0.05, 0) is 47.9 Å². The normalized spacial score (nSPS) is 11.5. The molecule has 0 aliphatic carbocycles. The molecule has 1 N–H and O–H groups in total. The topological polar surface area (TPSA) is 92.3 Å². The highest BCUT2D eigenvalue weighted by molar-refractivity contribution is 7.89. The van der Waals surface area contributed by atoms with Crippen molar-refractivity contribution in [1.82, 2.24) is 13.9 Å². The standard InChI is InChI=1S/C17H15FN4O3S2/c1-22(27(24,25)15-8-4-13(18)5-9-15)10-17(23)19-14-6-2-12(3-7-14)16-11-26-21-20-16/h2-9,11H,10H2,1H3,(H,19,23). The number of nitrogens with one attached hydrogen (secondary N) is 1. The molecule has 27 heavy (non-hydrogen) atoms. The largest absolute Gasteiger partial charge is 0.325 e. The van der Waals surface area contributed by atoms with E-state index in [4.69, 9.17) is 0 Å². The third-order valence-corrected chi connectivity index (χ3v) is 6.03. The van der Waals surface area contributed by atoms with E-state index in [0.717, 1.165) is 39.8 Å². The molecule has 0 spiro atoms. The summed E-state index contributed by atoms with van der Waals surface area (Å²) in [5.41, 5.74) is 2.13. The molecule has 7 nitrogen and oxygen atoms in total. The van der Waals surface area contributed by atoms with Crippen molar-refractivity contribution >= 4 is 33.2 Å². The lowest BCUT2D eigenvalue weighted by Crippen LogP contribution is -2.34. The third-order valence-electron chi connectivity index (χ3n) is 3.71. The molecule has 0 saturated heterocycles. The fourth-order valence-electron chi connectivity index (χ4n) is 2.29. The van der Waals surface area contributed by atoms with Crippen molar-refractivity contribution in [2.45, 2.75) is 4.90 Å². The number of likely N-dealkylation sites (N-methyl/N-ethyl adjacent to an activating group) is 1. The summed E-state index contributed by atoms with van der Waals surface area (Å²) >= 11 is 1.24. The second kappa shape index (κ2) is 7.91. The monoisotopic (exact) mass is 406 g/mol. The Hall–Kier alpha value is -2.69. The van der Waals surface area contributed by atoms with E-state index in [-0.39, 0.29) is 11.4 Å². The van der Waals surface area contributed by atoms with Gasteiger partial charge < -0.3 is 5.32 Å². The summed E-state index contributed by atoms with van der Waals surface area (Å²) < 4.78 is 42.5. The van der Waals surface area contributed by atoms with Crippen molar-refractivity contribution in [3.8, 4) is 11.3 Å².